The maximum absolute atomic E-state index is 12.6. The molecule has 108 valence electrons. The Labute approximate surface area is 123 Å². The fourth-order valence-corrected chi connectivity index (χ4v) is 3.98. The van der Waals surface area contributed by atoms with Crippen LogP contribution in [0.15, 0.2) is 11.4 Å². The molecule has 3 heterocycles. The molecule has 0 aromatic carbocycles. The number of rotatable bonds is 2. The van der Waals surface area contributed by atoms with Crippen LogP contribution in [0.3, 0.4) is 0 Å². The molecule has 1 aromatic heterocycles. The van der Waals surface area contributed by atoms with Gasteiger partial charge in [0.05, 0.1) is 5.92 Å². The van der Waals surface area contributed by atoms with Gasteiger partial charge in [0.1, 0.15) is 0 Å². The summed E-state index contributed by atoms with van der Waals surface area (Å²) < 4.78 is 0. The first-order valence-corrected chi connectivity index (χ1v) is 8.07. The average molecular weight is 292 g/mol. The normalized spacial score (nSPS) is 22.6. The molecule has 20 heavy (non-hydrogen) atoms. The van der Waals surface area contributed by atoms with Crippen LogP contribution < -0.4 is 0 Å². The lowest BCUT2D eigenvalue weighted by Gasteiger charge is -2.29. The van der Waals surface area contributed by atoms with E-state index in [1.807, 2.05) is 23.6 Å². The number of hydrogen-bond donors (Lipinski definition) is 0. The van der Waals surface area contributed by atoms with E-state index in [1.165, 1.54) is 10.4 Å². The van der Waals surface area contributed by atoms with Crippen LogP contribution in [0.2, 0.25) is 0 Å². The smallest absolute Gasteiger partial charge is 0.228 e. The Hall–Kier alpha value is -1.36. The highest BCUT2D eigenvalue weighted by Crippen LogP contribution is 2.27. The van der Waals surface area contributed by atoms with Crippen molar-refractivity contribution in [1.29, 1.82) is 0 Å². The molecule has 2 aliphatic heterocycles. The number of carbonyl (C=O) groups excluding carboxylic acids is 2. The summed E-state index contributed by atoms with van der Waals surface area (Å²) in [5, 5.41) is 2.10. The van der Waals surface area contributed by atoms with Crippen LogP contribution in [0.1, 0.15) is 30.7 Å². The van der Waals surface area contributed by atoms with Crippen LogP contribution in [0, 0.1) is 5.92 Å². The number of carbonyl (C=O) groups is 2. The summed E-state index contributed by atoms with van der Waals surface area (Å²) in [6.45, 7) is 6.09. The van der Waals surface area contributed by atoms with E-state index in [0.717, 1.165) is 13.0 Å². The van der Waals surface area contributed by atoms with Crippen LogP contribution in [-0.4, -0.2) is 40.7 Å². The van der Waals surface area contributed by atoms with Crippen LogP contribution in [0.4, 0.5) is 0 Å². The molecule has 0 aliphatic carbocycles. The number of thiophene rings is 1. The summed E-state index contributed by atoms with van der Waals surface area (Å²) in [5.41, 5.74) is 1.28. The standard InChI is InChI=1S/C15H20N2O2S/c1-10(2)17-9-12(7-14(17)18)15(19)16-5-3-13-11(8-16)4-6-20-13/h4,6,10,12H,3,5,7-9H2,1-2H3. The highest BCUT2D eigenvalue weighted by atomic mass is 32.1. The van der Waals surface area contributed by atoms with Crippen LogP contribution in [-0.2, 0) is 22.6 Å². The van der Waals surface area contributed by atoms with Crippen molar-refractivity contribution < 1.29 is 9.59 Å². The molecule has 0 bridgehead atoms. The molecular formula is C15H20N2O2S. The molecule has 0 N–H and O–H groups in total. The van der Waals surface area contributed by atoms with E-state index < -0.39 is 0 Å². The molecule has 1 fully saturated rings. The molecule has 1 saturated heterocycles. The number of fused-ring (bicyclic) bond motifs is 1. The van der Waals surface area contributed by atoms with Crippen molar-refractivity contribution in [2.45, 2.75) is 39.3 Å². The molecule has 5 heteroatoms. The van der Waals surface area contributed by atoms with Gasteiger partial charge < -0.3 is 9.80 Å². The quantitative estimate of drug-likeness (QED) is 0.835. The van der Waals surface area contributed by atoms with E-state index in [4.69, 9.17) is 0 Å². The van der Waals surface area contributed by atoms with Gasteiger partial charge in [-0.15, -0.1) is 11.3 Å². The van der Waals surface area contributed by atoms with Crippen molar-refractivity contribution in [3.63, 3.8) is 0 Å². The zero-order valence-corrected chi connectivity index (χ0v) is 12.8. The summed E-state index contributed by atoms with van der Waals surface area (Å²) in [6.07, 6.45) is 1.33. The summed E-state index contributed by atoms with van der Waals surface area (Å²) in [5.74, 6) is 0.120. The van der Waals surface area contributed by atoms with Gasteiger partial charge in [-0.05, 0) is 37.3 Å². The second-order valence-corrected chi connectivity index (χ2v) is 6.92. The third kappa shape index (κ3) is 2.35. The maximum Gasteiger partial charge on any atom is 0.228 e. The lowest BCUT2D eigenvalue weighted by molar-refractivity contribution is -0.136. The Balaban J connectivity index is 1.67. The van der Waals surface area contributed by atoms with E-state index in [2.05, 4.69) is 11.4 Å². The summed E-state index contributed by atoms with van der Waals surface area (Å²) in [6, 6.07) is 2.30. The fraction of sp³-hybridized carbons (Fsp3) is 0.600. The van der Waals surface area contributed by atoms with Gasteiger partial charge in [0.15, 0.2) is 0 Å². The zero-order valence-electron chi connectivity index (χ0n) is 12.0. The summed E-state index contributed by atoms with van der Waals surface area (Å²) in [4.78, 5) is 29.7. The Kier molecular flexibility index (Phi) is 3.54. The molecule has 0 spiro atoms. The fourth-order valence-electron chi connectivity index (χ4n) is 3.09. The molecule has 2 aliphatic rings. The van der Waals surface area contributed by atoms with Crippen molar-refractivity contribution in [1.82, 2.24) is 9.80 Å². The number of amides is 2. The van der Waals surface area contributed by atoms with E-state index >= 15 is 0 Å². The highest BCUT2D eigenvalue weighted by Gasteiger charge is 2.38. The first-order valence-electron chi connectivity index (χ1n) is 7.19. The molecule has 1 aromatic rings. The summed E-state index contributed by atoms with van der Waals surface area (Å²) >= 11 is 1.78. The van der Waals surface area contributed by atoms with Crippen molar-refractivity contribution in [2.75, 3.05) is 13.1 Å². The van der Waals surface area contributed by atoms with E-state index in [9.17, 15) is 9.59 Å². The molecule has 0 saturated carbocycles. The molecule has 1 atom stereocenters. The monoisotopic (exact) mass is 292 g/mol. The van der Waals surface area contributed by atoms with Gasteiger partial charge in [-0.25, -0.2) is 0 Å². The predicted octanol–water partition coefficient (Wildman–Crippen LogP) is 1.89. The van der Waals surface area contributed by atoms with Gasteiger partial charge in [-0.1, -0.05) is 0 Å². The number of likely N-dealkylation sites (tertiary alicyclic amines) is 1. The first-order chi connectivity index (χ1) is 9.56. The molecule has 3 rings (SSSR count). The lowest BCUT2D eigenvalue weighted by atomic mass is 10.0. The minimum absolute atomic E-state index is 0.117. The molecule has 2 amide bonds. The highest BCUT2D eigenvalue weighted by molar-refractivity contribution is 7.10. The van der Waals surface area contributed by atoms with Gasteiger partial charge in [0.2, 0.25) is 11.8 Å². The Morgan fingerprint density at radius 2 is 2.25 bits per heavy atom. The van der Waals surface area contributed by atoms with E-state index in [-0.39, 0.29) is 23.8 Å². The first kappa shape index (κ1) is 13.6. The lowest BCUT2D eigenvalue weighted by Crippen LogP contribution is -2.40. The molecular weight excluding hydrogens is 272 g/mol. The van der Waals surface area contributed by atoms with Crippen LogP contribution >= 0.6 is 11.3 Å². The van der Waals surface area contributed by atoms with Gasteiger partial charge in [-0.3, -0.25) is 9.59 Å². The maximum atomic E-state index is 12.6. The van der Waals surface area contributed by atoms with Gasteiger partial charge in [0, 0.05) is 37.0 Å². The van der Waals surface area contributed by atoms with Gasteiger partial charge in [-0.2, -0.15) is 0 Å². The molecule has 1 unspecified atom stereocenters. The second-order valence-electron chi connectivity index (χ2n) is 5.92. The number of nitrogens with zero attached hydrogens (tertiary/aromatic N) is 2. The predicted molar refractivity (Wildman–Crippen MR) is 78.4 cm³/mol. The Morgan fingerprint density at radius 1 is 1.45 bits per heavy atom. The van der Waals surface area contributed by atoms with Gasteiger partial charge >= 0.3 is 0 Å². The largest absolute Gasteiger partial charge is 0.339 e. The van der Waals surface area contributed by atoms with Crippen molar-refractivity contribution in [2.24, 2.45) is 5.92 Å². The van der Waals surface area contributed by atoms with E-state index in [0.29, 0.717) is 19.5 Å². The zero-order chi connectivity index (χ0) is 14.3. The topological polar surface area (TPSA) is 40.6 Å². The van der Waals surface area contributed by atoms with Crippen molar-refractivity contribution >= 4 is 23.2 Å². The average Bonchev–Trinajstić information content (AvgIpc) is 3.02. The minimum atomic E-state index is -0.148. The Bertz CT molecular complexity index is 538. The minimum Gasteiger partial charge on any atom is -0.339 e. The second kappa shape index (κ2) is 5.20. The third-order valence-electron chi connectivity index (χ3n) is 4.25. The van der Waals surface area contributed by atoms with Crippen LogP contribution in [0.25, 0.3) is 0 Å². The van der Waals surface area contributed by atoms with Crippen molar-refractivity contribution in [3.8, 4) is 0 Å². The SMILES string of the molecule is CC(C)N1CC(C(=O)N2CCc3sccc3C2)CC1=O. The Morgan fingerprint density at radius 3 is 2.95 bits per heavy atom. The van der Waals surface area contributed by atoms with Gasteiger partial charge in [0.25, 0.3) is 0 Å². The van der Waals surface area contributed by atoms with E-state index in [1.54, 1.807) is 11.3 Å². The molecule has 0 radical (unpaired) electrons. The number of hydrogen-bond acceptors (Lipinski definition) is 3. The third-order valence-corrected chi connectivity index (χ3v) is 5.27. The van der Waals surface area contributed by atoms with Crippen LogP contribution in [0.5, 0.6) is 0 Å². The molecule has 4 nitrogen and oxygen atoms in total. The summed E-state index contributed by atoms with van der Waals surface area (Å²) in [7, 11) is 0. The van der Waals surface area contributed by atoms with Crippen molar-refractivity contribution in [3.05, 3.63) is 21.9 Å².